The number of ether oxygens (including phenoxy) is 1. The van der Waals surface area contributed by atoms with Crippen molar-refractivity contribution in [2.24, 2.45) is 0 Å². The standard InChI is InChI=1S/C15H14N2O2/c1-9-3-5-11-12(7-9)17-15(16-11)10-4-6-13(18)14(8-10)19-2/h3-8,18H,1-2H3,(H,16,17). The Labute approximate surface area is 110 Å². The van der Waals surface area contributed by atoms with Gasteiger partial charge in [0.1, 0.15) is 5.82 Å². The molecular weight excluding hydrogens is 240 g/mol. The molecule has 0 radical (unpaired) electrons. The van der Waals surface area contributed by atoms with Crippen LogP contribution in [0.1, 0.15) is 5.56 Å². The summed E-state index contributed by atoms with van der Waals surface area (Å²) in [5.74, 6) is 1.33. The van der Waals surface area contributed by atoms with Gasteiger partial charge in [0, 0.05) is 5.56 Å². The maximum Gasteiger partial charge on any atom is 0.161 e. The summed E-state index contributed by atoms with van der Waals surface area (Å²) in [6.07, 6.45) is 0. The maximum atomic E-state index is 9.60. The van der Waals surface area contributed by atoms with E-state index in [-0.39, 0.29) is 5.75 Å². The van der Waals surface area contributed by atoms with Gasteiger partial charge in [-0.2, -0.15) is 0 Å². The molecule has 0 spiro atoms. The number of hydrogen-bond donors (Lipinski definition) is 2. The van der Waals surface area contributed by atoms with Crippen LogP contribution in [0.5, 0.6) is 11.5 Å². The van der Waals surface area contributed by atoms with Crippen molar-refractivity contribution in [1.29, 1.82) is 0 Å². The minimum atomic E-state index is 0.123. The number of phenolic OH excluding ortho intramolecular Hbond substituents is 1. The molecule has 0 aliphatic carbocycles. The lowest BCUT2D eigenvalue weighted by Gasteiger charge is -2.04. The highest BCUT2D eigenvalue weighted by Gasteiger charge is 2.08. The molecule has 1 aromatic heterocycles. The van der Waals surface area contributed by atoms with Crippen LogP contribution in [0.15, 0.2) is 36.4 Å². The van der Waals surface area contributed by atoms with Crippen molar-refractivity contribution in [2.45, 2.75) is 6.92 Å². The number of H-pyrrole nitrogens is 1. The maximum absolute atomic E-state index is 9.60. The van der Waals surface area contributed by atoms with Crippen LogP contribution >= 0.6 is 0 Å². The number of fused-ring (bicyclic) bond motifs is 1. The number of aromatic nitrogens is 2. The summed E-state index contributed by atoms with van der Waals surface area (Å²) in [5, 5.41) is 9.60. The molecule has 0 fully saturated rings. The number of benzene rings is 2. The Morgan fingerprint density at radius 3 is 2.79 bits per heavy atom. The first kappa shape index (κ1) is 11.6. The van der Waals surface area contributed by atoms with Crippen molar-refractivity contribution in [3.8, 4) is 22.9 Å². The van der Waals surface area contributed by atoms with E-state index in [1.807, 2.05) is 31.2 Å². The molecule has 96 valence electrons. The topological polar surface area (TPSA) is 58.1 Å². The Bertz CT molecular complexity index is 747. The van der Waals surface area contributed by atoms with Crippen molar-refractivity contribution in [3.05, 3.63) is 42.0 Å². The number of aromatic amines is 1. The van der Waals surface area contributed by atoms with E-state index in [9.17, 15) is 5.11 Å². The van der Waals surface area contributed by atoms with Gasteiger partial charge in [-0.15, -0.1) is 0 Å². The van der Waals surface area contributed by atoms with Crippen molar-refractivity contribution < 1.29 is 9.84 Å². The van der Waals surface area contributed by atoms with E-state index in [0.29, 0.717) is 5.75 Å². The molecule has 1 heterocycles. The molecule has 0 amide bonds. The molecule has 4 nitrogen and oxygen atoms in total. The Morgan fingerprint density at radius 1 is 1.16 bits per heavy atom. The largest absolute Gasteiger partial charge is 0.504 e. The number of hydrogen-bond acceptors (Lipinski definition) is 3. The van der Waals surface area contributed by atoms with Gasteiger partial charge < -0.3 is 14.8 Å². The van der Waals surface area contributed by atoms with E-state index in [1.165, 1.54) is 12.7 Å². The molecule has 4 heteroatoms. The number of methoxy groups -OCH3 is 1. The average molecular weight is 254 g/mol. The third-order valence-corrected chi connectivity index (χ3v) is 3.09. The van der Waals surface area contributed by atoms with Crippen LogP contribution in [0.25, 0.3) is 22.4 Å². The molecule has 0 saturated carbocycles. The molecule has 0 saturated heterocycles. The van der Waals surface area contributed by atoms with Crippen LogP contribution < -0.4 is 4.74 Å². The van der Waals surface area contributed by atoms with Crippen molar-refractivity contribution >= 4 is 11.0 Å². The van der Waals surface area contributed by atoms with Crippen molar-refractivity contribution in [3.63, 3.8) is 0 Å². The van der Waals surface area contributed by atoms with E-state index < -0.39 is 0 Å². The van der Waals surface area contributed by atoms with Gasteiger partial charge in [0.05, 0.1) is 18.1 Å². The first-order chi connectivity index (χ1) is 9.17. The summed E-state index contributed by atoms with van der Waals surface area (Å²) in [4.78, 5) is 7.82. The Balaban J connectivity index is 2.13. The highest BCUT2D eigenvalue weighted by atomic mass is 16.5. The van der Waals surface area contributed by atoms with E-state index in [1.54, 1.807) is 12.1 Å². The number of nitrogens with zero attached hydrogens (tertiary/aromatic N) is 1. The fraction of sp³-hybridized carbons (Fsp3) is 0.133. The monoisotopic (exact) mass is 254 g/mol. The fourth-order valence-electron chi connectivity index (χ4n) is 2.08. The van der Waals surface area contributed by atoms with Gasteiger partial charge in [0.15, 0.2) is 11.5 Å². The van der Waals surface area contributed by atoms with E-state index in [4.69, 9.17) is 4.74 Å². The zero-order valence-electron chi connectivity index (χ0n) is 10.8. The smallest absolute Gasteiger partial charge is 0.161 e. The summed E-state index contributed by atoms with van der Waals surface area (Å²) in [6, 6.07) is 11.3. The fourth-order valence-corrected chi connectivity index (χ4v) is 2.08. The molecular formula is C15H14N2O2. The summed E-state index contributed by atoms with van der Waals surface area (Å²) in [6.45, 7) is 2.04. The second kappa shape index (κ2) is 4.31. The second-order valence-corrected chi connectivity index (χ2v) is 4.49. The van der Waals surface area contributed by atoms with Crippen molar-refractivity contribution in [2.75, 3.05) is 7.11 Å². The predicted octanol–water partition coefficient (Wildman–Crippen LogP) is 3.25. The van der Waals surface area contributed by atoms with Gasteiger partial charge in [-0.05, 0) is 42.8 Å². The molecule has 2 N–H and O–H groups in total. The molecule has 0 unspecified atom stereocenters. The van der Waals surface area contributed by atoms with Gasteiger partial charge in [0.25, 0.3) is 0 Å². The average Bonchev–Trinajstić information content (AvgIpc) is 2.82. The van der Waals surface area contributed by atoms with Crippen LogP contribution in [0.3, 0.4) is 0 Å². The van der Waals surface area contributed by atoms with Crippen LogP contribution in [0.2, 0.25) is 0 Å². The van der Waals surface area contributed by atoms with E-state index in [0.717, 1.165) is 22.4 Å². The third-order valence-electron chi connectivity index (χ3n) is 3.09. The Hall–Kier alpha value is -2.49. The number of aryl methyl sites for hydroxylation is 1. The van der Waals surface area contributed by atoms with Gasteiger partial charge in [-0.3, -0.25) is 0 Å². The van der Waals surface area contributed by atoms with Gasteiger partial charge in [-0.25, -0.2) is 4.98 Å². The summed E-state index contributed by atoms with van der Waals surface area (Å²) in [7, 11) is 1.53. The van der Waals surface area contributed by atoms with Crippen LogP contribution in [0, 0.1) is 6.92 Å². The quantitative estimate of drug-likeness (QED) is 0.738. The lowest BCUT2D eigenvalue weighted by atomic mass is 10.2. The summed E-state index contributed by atoms with van der Waals surface area (Å²) >= 11 is 0. The number of phenols is 1. The second-order valence-electron chi connectivity index (χ2n) is 4.49. The minimum absolute atomic E-state index is 0.123. The number of nitrogens with one attached hydrogen (secondary N) is 1. The molecule has 0 aliphatic rings. The van der Waals surface area contributed by atoms with Gasteiger partial charge in [-0.1, -0.05) is 6.07 Å². The lowest BCUT2D eigenvalue weighted by molar-refractivity contribution is 0.373. The minimum Gasteiger partial charge on any atom is -0.504 e. The highest BCUT2D eigenvalue weighted by Crippen LogP contribution is 2.31. The zero-order chi connectivity index (χ0) is 13.4. The van der Waals surface area contributed by atoms with Crippen molar-refractivity contribution in [1.82, 2.24) is 9.97 Å². The van der Waals surface area contributed by atoms with Gasteiger partial charge >= 0.3 is 0 Å². The van der Waals surface area contributed by atoms with Crippen LogP contribution in [-0.2, 0) is 0 Å². The lowest BCUT2D eigenvalue weighted by Crippen LogP contribution is -1.86. The highest BCUT2D eigenvalue weighted by molar-refractivity contribution is 5.80. The molecule has 19 heavy (non-hydrogen) atoms. The number of rotatable bonds is 2. The zero-order valence-corrected chi connectivity index (χ0v) is 10.8. The van der Waals surface area contributed by atoms with Gasteiger partial charge in [0.2, 0.25) is 0 Å². The van der Waals surface area contributed by atoms with Crippen LogP contribution in [0.4, 0.5) is 0 Å². The number of imidazole rings is 1. The molecule has 0 atom stereocenters. The number of aromatic hydroxyl groups is 1. The third kappa shape index (κ3) is 2.01. The Kier molecular flexibility index (Phi) is 2.63. The van der Waals surface area contributed by atoms with E-state index >= 15 is 0 Å². The first-order valence-electron chi connectivity index (χ1n) is 6.01. The predicted molar refractivity (Wildman–Crippen MR) is 74.5 cm³/mol. The summed E-state index contributed by atoms with van der Waals surface area (Å²) < 4.78 is 5.11. The Morgan fingerprint density at radius 2 is 2.00 bits per heavy atom. The van der Waals surface area contributed by atoms with Crippen LogP contribution in [-0.4, -0.2) is 22.2 Å². The normalized spacial score (nSPS) is 10.8. The molecule has 2 aromatic carbocycles. The molecule has 3 rings (SSSR count). The molecule has 3 aromatic rings. The molecule has 0 aliphatic heterocycles. The SMILES string of the molecule is COc1cc(-c2nc3cc(C)ccc3[nH]2)ccc1O. The first-order valence-corrected chi connectivity index (χ1v) is 6.01. The summed E-state index contributed by atoms with van der Waals surface area (Å²) in [5.41, 5.74) is 3.98. The van der Waals surface area contributed by atoms with E-state index in [2.05, 4.69) is 9.97 Å². The molecule has 0 bridgehead atoms.